The maximum Gasteiger partial charge on any atom is 0.135 e. The van der Waals surface area contributed by atoms with Gasteiger partial charge in [-0.25, -0.2) is 0 Å². The molecule has 2 heterocycles. The number of benzene rings is 6. The molecule has 8 rings (SSSR count). The van der Waals surface area contributed by atoms with Gasteiger partial charge in [-0.1, -0.05) is 103 Å². The fourth-order valence-corrected chi connectivity index (χ4v) is 6.03. The minimum atomic E-state index is 0.869. The molecule has 2 heteroatoms. The highest BCUT2D eigenvalue weighted by molar-refractivity contribution is 6.09. The van der Waals surface area contributed by atoms with Crippen molar-refractivity contribution >= 4 is 43.7 Å². The van der Waals surface area contributed by atoms with Crippen LogP contribution >= 0.6 is 0 Å². The average molecular weight is 500 g/mol. The topological polar surface area (TPSA) is 18.1 Å². The zero-order valence-corrected chi connectivity index (χ0v) is 21.3. The quantitative estimate of drug-likeness (QED) is 0.236. The van der Waals surface area contributed by atoms with Gasteiger partial charge >= 0.3 is 0 Å². The normalized spacial score (nSPS) is 11.7. The number of furan rings is 1. The maximum atomic E-state index is 6.09. The van der Waals surface area contributed by atoms with E-state index in [1.54, 1.807) is 0 Å². The van der Waals surface area contributed by atoms with Crippen LogP contribution in [0.2, 0.25) is 0 Å². The van der Waals surface area contributed by atoms with Crippen molar-refractivity contribution in [1.82, 2.24) is 4.57 Å². The highest BCUT2D eigenvalue weighted by atomic mass is 16.3. The first kappa shape index (κ1) is 22.0. The first-order valence-electron chi connectivity index (χ1n) is 13.4. The molecule has 0 amide bonds. The van der Waals surface area contributed by atoms with Gasteiger partial charge in [-0.05, 0) is 65.1 Å². The number of hydrogen-bond acceptors (Lipinski definition) is 1. The number of nitrogens with zero attached hydrogens (tertiary/aromatic N) is 1. The molecule has 0 unspecified atom stereocenters. The lowest BCUT2D eigenvalue weighted by molar-refractivity contribution is 0.668. The van der Waals surface area contributed by atoms with Crippen LogP contribution in [0.1, 0.15) is 11.1 Å². The van der Waals surface area contributed by atoms with Gasteiger partial charge in [-0.2, -0.15) is 0 Å². The molecule has 0 aliphatic carbocycles. The van der Waals surface area contributed by atoms with Crippen LogP contribution in [0.5, 0.6) is 0 Å². The monoisotopic (exact) mass is 499 g/mol. The third-order valence-corrected chi connectivity index (χ3v) is 7.88. The van der Waals surface area contributed by atoms with E-state index in [0.29, 0.717) is 0 Å². The van der Waals surface area contributed by atoms with Crippen molar-refractivity contribution in [2.45, 2.75) is 6.42 Å². The average Bonchev–Trinajstić information content (AvgIpc) is 3.54. The smallest absolute Gasteiger partial charge is 0.135 e. The molecule has 0 radical (unpaired) electrons. The van der Waals surface area contributed by atoms with Gasteiger partial charge in [0.25, 0.3) is 0 Å². The Morgan fingerprint density at radius 3 is 1.72 bits per heavy atom. The lowest BCUT2D eigenvalue weighted by Gasteiger charge is -2.10. The Morgan fingerprint density at radius 2 is 1.03 bits per heavy atom. The van der Waals surface area contributed by atoms with Gasteiger partial charge in [0.1, 0.15) is 11.2 Å². The van der Waals surface area contributed by atoms with Crippen LogP contribution in [0, 0.1) is 0 Å². The van der Waals surface area contributed by atoms with Crippen LogP contribution in [-0.4, -0.2) is 4.57 Å². The number of aromatic nitrogens is 1. The van der Waals surface area contributed by atoms with Gasteiger partial charge in [0.05, 0.1) is 11.0 Å². The molecule has 0 saturated heterocycles. The molecule has 184 valence electrons. The SMILES string of the molecule is c1ccc2c(c1)oc1cccc(Cc3ccc(-c4ccc(-n5c6ccccc6c6ccccc65)cc4)cc3)c12. The zero-order valence-electron chi connectivity index (χ0n) is 21.3. The second-order valence-corrected chi connectivity index (χ2v) is 10.2. The maximum absolute atomic E-state index is 6.09. The second kappa shape index (κ2) is 8.75. The van der Waals surface area contributed by atoms with Crippen molar-refractivity contribution in [1.29, 1.82) is 0 Å². The molecule has 2 aromatic heterocycles. The summed E-state index contributed by atoms with van der Waals surface area (Å²) in [6, 6.07) is 49.8. The zero-order chi connectivity index (χ0) is 25.8. The summed E-state index contributed by atoms with van der Waals surface area (Å²) in [4.78, 5) is 0. The summed E-state index contributed by atoms with van der Waals surface area (Å²) < 4.78 is 8.45. The predicted octanol–water partition coefficient (Wildman–Crippen LogP) is 9.94. The minimum Gasteiger partial charge on any atom is -0.456 e. The Labute approximate surface area is 226 Å². The fraction of sp³-hybridized carbons (Fsp3) is 0.0270. The summed E-state index contributed by atoms with van der Waals surface area (Å²) >= 11 is 0. The predicted molar refractivity (Wildman–Crippen MR) is 163 cm³/mol. The lowest BCUT2D eigenvalue weighted by Crippen LogP contribution is -1.93. The molecule has 0 aliphatic heterocycles. The Kier molecular flexibility index (Phi) is 4.92. The van der Waals surface area contributed by atoms with Crippen molar-refractivity contribution in [3.8, 4) is 16.8 Å². The molecular weight excluding hydrogens is 474 g/mol. The first-order chi connectivity index (χ1) is 19.3. The Bertz CT molecular complexity index is 2070. The molecule has 2 nitrogen and oxygen atoms in total. The van der Waals surface area contributed by atoms with Gasteiger partial charge in [0, 0.05) is 27.2 Å². The van der Waals surface area contributed by atoms with E-state index in [0.717, 1.165) is 17.6 Å². The van der Waals surface area contributed by atoms with Gasteiger partial charge in [0.2, 0.25) is 0 Å². The summed E-state index contributed by atoms with van der Waals surface area (Å²) in [5.41, 5.74) is 10.6. The number of para-hydroxylation sites is 3. The van der Waals surface area contributed by atoms with Crippen LogP contribution in [0.15, 0.2) is 144 Å². The molecule has 0 N–H and O–H groups in total. The van der Waals surface area contributed by atoms with E-state index in [2.05, 4.69) is 132 Å². The van der Waals surface area contributed by atoms with E-state index in [1.807, 2.05) is 12.1 Å². The van der Waals surface area contributed by atoms with E-state index in [9.17, 15) is 0 Å². The molecular formula is C37H25NO. The largest absolute Gasteiger partial charge is 0.456 e. The van der Waals surface area contributed by atoms with E-state index in [-0.39, 0.29) is 0 Å². The number of hydrogen-bond donors (Lipinski definition) is 0. The van der Waals surface area contributed by atoms with Crippen molar-refractivity contribution in [2.75, 3.05) is 0 Å². The van der Waals surface area contributed by atoms with Crippen molar-refractivity contribution < 1.29 is 4.42 Å². The molecule has 39 heavy (non-hydrogen) atoms. The van der Waals surface area contributed by atoms with Crippen molar-refractivity contribution in [3.05, 3.63) is 151 Å². The molecule has 8 aromatic rings. The summed E-state index contributed by atoms with van der Waals surface area (Å²) in [6.45, 7) is 0. The molecule has 0 fully saturated rings. The van der Waals surface area contributed by atoms with E-state index in [1.165, 1.54) is 60.5 Å². The van der Waals surface area contributed by atoms with Crippen LogP contribution in [-0.2, 0) is 6.42 Å². The van der Waals surface area contributed by atoms with Gasteiger partial charge in [-0.3, -0.25) is 0 Å². The minimum absolute atomic E-state index is 0.869. The van der Waals surface area contributed by atoms with Crippen LogP contribution in [0.4, 0.5) is 0 Å². The molecule has 0 spiro atoms. The molecule has 0 atom stereocenters. The summed E-state index contributed by atoms with van der Waals surface area (Å²) in [5.74, 6) is 0. The highest BCUT2D eigenvalue weighted by Gasteiger charge is 2.13. The number of fused-ring (bicyclic) bond motifs is 6. The van der Waals surface area contributed by atoms with Crippen molar-refractivity contribution in [3.63, 3.8) is 0 Å². The molecule has 0 bridgehead atoms. The second-order valence-electron chi connectivity index (χ2n) is 10.2. The Balaban J connectivity index is 1.11. The van der Waals surface area contributed by atoms with E-state index < -0.39 is 0 Å². The Morgan fingerprint density at radius 1 is 0.462 bits per heavy atom. The summed E-state index contributed by atoms with van der Waals surface area (Å²) in [6.07, 6.45) is 0.869. The molecule has 0 saturated carbocycles. The lowest BCUT2D eigenvalue weighted by atomic mass is 9.97. The van der Waals surface area contributed by atoms with Crippen LogP contribution in [0.25, 0.3) is 60.6 Å². The van der Waals surface area contributed by atoms with Gasteiger partial charge in [0.15, 0.2) is 0 Å². The highest BCUT2D eigenvalue weighted by Crippen LogP contribution is 2.34. The first-order valence-corrected chi connectivity index (χ1v) is 13.4. The molecule has 0 aliphatic rings. The van der Waals surface area contributed by atoms with Crippen molar-refractivity contribution in [2.24, 2.45) is 0 Å². The third-order valence-electron chi connectivity index (χ3n) is 7.88. The third kappa shape index (κ3) is 3.57. The number of rotatable bonds is 4. The summed E-state index contributed by atoms with van der Waals surface area (Å²) in [5, 5.41) is 4.97. The van der Waals surface area contributed by atoms with E-state index >= 15 is 0 Å². The molecule has 6 aromatic carbocycles. The van der Waals surface area contributed by atoms with Crippen LogP contribution in [0.3, 0.4) is 0 Å². The Hall–Kier alpha value is -5.08. The fourth-order valence-electron chi connectivity index (χ4n) is 6.03. The van der Waals surface area contributed by atoms with Gasteiger partial charge in [-0.15, -0.1) is 0 Å². The van der Waals surface area contributed by atoms with Crippen LogP contribution < -0.4 is 0 Å². The van der Waals surface area contributed by atoms with Gasteiger partial charge < -0.3 is 8.98 Å². The summed E-state index contributed by atoms with van der Waals surface area (Å²) in [7, 11) is 0. The van der Waals surface area contributed by atoms with E-state index in [4.69, 9.17) is 4.42 Å². The standard InChI is InChI=1S/C37H25NO/c1-4-12-33-30(9-1)31-10-2-5-13-34(31)38(33)29-22-20-27(21-23-29)26-18-16-25(17-19-26)24-28-8-7-15-36-37(28)32-11-3-6-14-35(32)39-36/h1-23H,24H2.